The average Bonchev–Trinajstić information content (AvgIpc) is 2.37. The van der Waals surface area contributed by atoms with Crippen LogP contribution in [0.1, 0.15) is 46.1 Å². The van der Waals surface area contributed by atoms with Gasteiger partial charge in [0.1, 0.15) is 5.60 Å². The normalized spacial score (nSPS) is 11.0. The van der Waals surface area contributed by atoms with Crippen molar-refractivity contribution in [2.45, 2.75) is 52.7 Å². The second-order valence-electron chi connectivity index (χ2n) is 6.11. The zero-order valence-corrected chi connectivity index (χ0v) is 13.4. The maximum atomic E-state index is 12.3. The summed E-state index contributed by atoms with van der Waals surface area (Å²) in [6, 6.07) is 9.61. The Bertz CT molecular complexity index is 463. The van der Waals surface area contributed by atoms with E-state index in [4.69, 9.17) is 4.74 Å². The Balaban J connectivity index is 2.78. The van der Waals surface area contributed by atoms with Gasteiger partial charge in [-0.25, -0.2) is 4.79 Å². The van der Waals surface area contributed by atoms with Crippen LogP contribution < -0.4 is 0 Å². The third-order valence-electron chi connectivity index (χ3n) is 2.76. The monoisotopic (exact) mass is 291 g/mol. The van der Waals surface area contributed by atoms with E-state index in [2.05, 4.69) is 0 Å². The predicted molar refractivity (Wildman–Crippen MR) is 83.0 cm³/mol. The summed E-state index contributed by atoms with van der Waals surface area (Å²) < 4.78 is 5.39. The summed E-state index contributed by atoms with van der Waals surface area (Å²) >= 11 is 0. The number of carbonyl (C=O) groups is 2. The highest BCUT2D eigenvalue weighted by Crippen LogP contribution is 2.13. The Morgan fingerprint density at radius 1 is 1.14 bits per heavy atom. The lowest BCUT2D eigenvalue weighted by Gasteiger charge is -2.27. The number of benzene rings is 1. The Morgan fingerprint density at radius 3 is 2.29 bits per heavy atom. The van der Waals surface area contributed by atoms with E-state index in [9.17, 15) is 9.59 Å². The van der Waals surface area contributed by atoms with E-state index in [1.165, 1.54) is 4.90 Å². The number of ketones is 1. The summed E-state index contributed by atoms with van der Waals surface area (Å²) in [5, 5.41) is 0. The number of nitrogens with zero attached hydrogens (tertiary/aromatic N) is 1. The first-order chi connectivity index (χ1) is 9.81. The molecule has 0 N–H and O–H groups in total. The highest BCUT2D eigenvalue weighted by atomic mass is 16.6. The van der Waals surface area contributed by atoms with Crippen LogP contribution in [-0.2, 0) is 16.1 Å². The van der Waals surface area contributed by atoms with Gasteiger partial charge in [0.25, 0.3) is 0 Å². The number of hydrogen-bond donors (Lipinski definition) is 0. The summed E-state index contributed by atoms with van der Waals surface area (Å²) in [6.07, 6.45) is 0.816. The van der Waals surface area contributed by atoms with Gasteiger partial charge >= 0.3 is 6.09 Å². The maximum absolute atomic E-state index is 12.3. The molecule has 1 aromatic rings. The summed E-state index contributed by atoms with van der Waals surface area (Å²) in [7, 11) is 0. The second kappa shape index (κ2) is 7.81. The van der Waals surface area contributed by atoms with Crippen molar-refractivity contribution in [3.8, 4) is 0 Å². The zero-order chi connectivity index (χ0) is 15.9. The molecule has 0 heterocycles. The van der Waals surface area contributed by atoms with Gasteiger partial charge in [0, 0.05) is 13.0 Å². The number of ether oxygens (including phenoxy) is 1. The van der Waals surface area contributed by atoms with Crippen LogP contribution in [-0.4, -0.2) is 28.9 Å². The van der Waals surface area contributed by atoms with Crippen LogP contribution in [0, 0.1) is 0 Å². The van der Waals surface area contributed by atoms with Gasteiger partial charge in [-0.2, -0.15) is 0 Å². The van der Waals surface area contributed by atoms with Crippen LogP contribution in [0.15, 0.2) is 30.3 Å². The molecule has 0 saturated carbocycles. The van der Waals surface area contributed by atoms with Gasteiger partial charge < -0.3 is 4.74 Å². The molecule has 0 aromatic heterocycles. The van der Waals surface area contributed by atoms with Gasteiger partial charge in [-0.15, -0.1) is 0 Å². The fourth-order valence-electron chi connectivity index (χ4n) is 1.89. The van der Waals surface area contributed by atoms with E-state index in [1.807, 2.05) is 58.0 Å². The van der Waals surface area contributed by atoms with Crippen molar-refractivity contribution in [2.75, 3.05) is 6.54 Å². The SMILES string of the molecule is CCCC(=O)CN(Cc1ccccc1)C(=O)OC(C)(C)C. The topological polar surface area (TPSA) is 46.6 Å². The quantitative estimate of drug-likeness (QED) is 0.801. The fourth-order valence-corrected chi connectivity index (χ4v) is 1.89. The Hall–Kier alpha value is -1.84. The van der Waals surface area contributed by atoms with E-state index < -0.39 is 11.7 Å². The highest BCUT2D eigenvalue weighted by molar-refractivity contribution is 5.84. The molecule has 0 bridgehead atoms. The molecule has 4 nitrogen and oxygen atoms in total. The van der Waals surface area contributed by atoms with E-state index >= 15 is 0 Å². The van der Waals surface area contributed by atoms with Crippen LogP contribution in [0.25, 0.3) is 0 Å². The minimum absolute atomic E-state index is 0.0549. The molecular weight excluding hydrogens is 266 g/mol. The lowest BCUT2D eigenvalue weighted by molar-refractivity contribution is -0.120. The second-order valence-corrected chi connectivity index (χ2v) is 6.11. The smallest absolute Gasteiger partial charge is 0.410 e. The molecule has 0 radical (unpaired) electrons. The molecule has 21 heavy (non-hydrogen) atoms. The van der Waals surface area contributed by atoms with Crippen LogP contribution in [0.5, 0.6) is 0 Å². The Kier molecular flexibility index (Phi) is 6.40. The number of Topliss-reactive ketones (excluding diaryl/α,β-unsaturated/α-hetero) is 1. The average molecular weight is 291 g/mol. The molecular formula is C17H25NO3. The number of rotatable bonds is 6. The molecule has 1 rings (SSSR count). The Labute approximate surface area is 127 Å². The summed E-state index contributed by atoms with van der Waals surface area (Å²) in [6.45, 7) is 7.88. The molecule has 0 unspecified atom stereocenters. The van der Waals surface area contributed by atoms with Gasteiger partial charge in [0.15, 0.2) is 5.78 Å². The van der Waals surface area contributed by atoms with Gasteiger partial charge in [-0.1, -0.05) is 37.3 Å². The van der Waals surface area contributed by atoms with Crippen LogP contribution in [0.3, 0.4) is 0 Å². The number of hydrogen-bond acceptors (Lipinski definition) is 3. The summed E-state index contributed by atoms with van der Waals surface area (Å²) in [5.41, 5.74) is 0.410. The van der Waals surface area contributed by atoms with Crippen molar-refractivity contribution >= 4 is 11.9 Å². The van der Waals surface area contributed by atoms with Gasteiger partial charge in [0.2, 0.25) is 0 Å². The lowest BCUT2D eigenvalue weighted by Crippen LogP contribution is -2.39. The molecule has 0 aliphatic carbocycles. The first-order valence-corrected chi connectivity index (χ1v) is 7.35. The van der Waals surface area contributed by atoms with Crippen LogP contribution in [0.2, 0.25) is 0 Å². The number of carbonyl (C=O) groups excluding carboxylic acids is 2. The predicted octanol–water partition coefficient (Wildman–Crippen LogP) is 3.79. The molecule has 116 valence electrons. The minimum Gasteiger partial charge on any atom is -0.444 e. The van der Waals surface area contributed by atoms with Crippen molar-refractivity contribution in [3.05, 3.63) is 35.9 Å². The molecule has 0 aliphatic heterocycles. The molecule has 0 spiro atoms. The van der Waals surface area contributed by atoms with Crippen molar-refractivity contribution in [1.29, 1.82) is 0 Å². The maximum Gasteiger partial charge on any atom is 0.410 e. The number of amides is 1. The van der Waals surface area contributed by atoms with Crippen molar-refractivity contribution in [2.24, 2.45) is 0 Å². The molecule has 0 atom stereocenters. The Morgan fingerprint density at radius 2 is 1.76 bits per heavy atom. The lowest BCUT2D eigenvalue weighted by atomic mass is 10.2. The van der Waals surface area contributed by atoms with Gasteiger partial charge in [-0.05, 0) is 32.8 Å². The summed E-state index contributed by atoms with van der Waals surface area (Å²) in [5.74, 6) is 0.0549. The van der Waals surface area contributed by atoms with E-state index in [-0.39, 0.29) is 12.3 Å². The highest BCUT2D eigenvalue weighted by Gasteiger charge is 2.23. The third kappa shape index (κ3) is 6.93. The molecule has 4 heteroatoms. The van der Waals surface area contributed by atoms with Crippen LogP contribution >= 0.6 is 0 Å². The molecule has 0 saturated heterocycles. The summed E-state index contributed by atoms with van der Waals surface area (Å²) in [4.78, 5) is 25.6. The van der Waals surface area contributed by atoms with Crippen molar-refractivity contribution in [1.82, 2.24) is 4.90 Å². The standard InChI is InChI=1S/C17H25NO3/c1-5-9-15(19)13-18(16(20)21-17(2,3)4)12-14-10-7-6-8-11-14/h6-8,10-11H,5,9,12-13H2,1-4H3. The fraction of sp³-hybridized carbons (Fsp3) is 0.529. The zero-order valence-electron chi connectivity index (χ0n) is 13.4. The first kappa shape index (κ1) is 17.2. The van der Waals surface area contributed by atoms with E-state index in [0.29, 0.717) is 13.0 Å². The van der Waals surface area contributed by atoms with Crippen molar-refractivity contribution in [3.63, 3.8) is 0 Å². The first-order valence-electron chi connectivity index (χ1n) is 7.35. The molecule has 0 fully saturated rings. The molecule has 0 aliphatic rings. The van der Waals surface area contributed by atoms with Crippen LogP contribution in [0.4, 0.5) is 4.79 Å². The molecule has 1 aromatic carbocycles. The van der Waals surface area contributed by atoms with E-state index in [0.717, 1.165) is 12.0 Å². The minimum atomic E-state index is -0.570. The van der Waals surface area contributed by atoms with Gasteiger partial charge in [0.05, 0.1) is 6.54 Å². The largest absolute Gasteiger partial charge is 0.444 e. The van der Waals surface area contributed by atoms with Crippen molar-refractivity contribution < 1.29 is 14.3 Å². The van der Waals surface area contributed by atoms with Gasteiger partial charge in [-0.3, -0.25) is 9.69 Å². The molecule has 1 amide bonds. The van der Waals surface area contributed by atoms with E-state index in [1.54, 1.807) is 0 Å². The third-order valence-corrected chi connectivity index (χ3v) is 2.76.